The largest absolute Gasteiger partial charge is 0.456 e. The van der Waals surface area contributed by atoms with E-state index in [1.54, 1.807) is 0 Å². The predicted molar refractivity (Wildman–Crippen MR) is 214 cm³/mol. The van der Waals surface area contributed by atoms with Crippen molar-refractivity contribution in [1.29, 1.82) is 0 Å². The molecule has 0 atom stereocenters. The highest BCUT2D eigenvalue weighted by Gasteiger charge is 2.37. The molecule has 10 rings (SSSR count). The average Bonchev–Trinajstić information content (AvgIpc) is 3.74. The normalized spacial score (nSPS) is 13.0. The van der Waals surface area contributed by atoms with Crippen LogP contribution in [0.4, 0.5) is 0 Å². The topological polar surface area (TPSA) is 38.9 Å². The Hall–Kier alpha value is -6.58. The highest BCUT2D eigenvalue weighted by molar-refractivity contribution is 5.98. The van der Waals surface area contributed by atoms with Crippen molar-refractivity contribution in [1.82, 2.24) is 9.97 Å². The maximum absolute atomic E-state index is 6.22. The highest BCUT2D eigenvalue weighted by atomic mass is 16.3. The quantitative estimate of drug-likeness (QED) is 0.183. The second-order valence-corrected chi connectivity index (χ2v) is 14.2. The van der Waals surface area contributed by atoms with Crippen molar-refractivity contribution in [2.45, 2.75) is 19.3 Å². The van der Waals surface area contributed by atoms with Gasteiger partial charge in [-0.25, -0.2) is 9.97 Å². The zero-order valence-electron chi connectivity index (χ0n) is 29.0. The third-order valence-corrected chi connectivity index (χ3v) is 10.7. The summed E-state index contributed by atoms with van der Waals surface area (Å²) in [7, 11) is 0. The molecular weight excluding hydrogens is 633 g/mol. The van der Waals surface area contributed by atoms with Crippen LogP contribution in [0, 0.1) is 0 Å². The Morgan fingerprint density at radius 2 is 1.06 bits per heavy atom. The van der Waals surface area contributed by atoms with Crippen LogP contribution in [0.1, 0.15) is 25.0 Å². The van der Waals surface area contributed by atoms with E-state index in [-0.39, 0.29) is 5.41 Å². The van der Waals surface area contributed by atoms with Gasteiger partial charge in [0.2, 0.25) is 0 Å². The summed E-state index contributed by atoms with van der Waals surface area (Å²) in [6, 6.07) is 60.0. The van der Waals surface area contributed by atoms with Crippen LogP contribution in [-0.4, -0.2) is 9.97 Å². The molecule has 52 heavy (non-hydrogen) atoms. The predicted octanol–water partition coefficient (Wildman–Crippen LogP) is 13.0. The van der Waals surface area contributed by atoms with E-state index in [4.69, 9.17) is 14.4 Å². The van der Waals surface area contributed by atoms with Crippen LogP contribution in [-0.2, 0) is 5.41 Å². The third-order valence-electron chi connectivity index (χ3n) is 10.7. The highest BCUT2D eigenvalue weighted by Crippen LogP contribution is 2.53. The van der Waals surface area contributed by atoms with Crippen molar-refractivity contribution in [3.63, 3.8) is 0 Å². The zero-order chi connectivity index (χ0) is 34.8. The van der Waals surface area contributed by atoms with Crippen molar-refractivity contribution in [3.05, 3.63) is 181 Å². The molecule has 0 radical (unpaired) electrons. The van der Waals surface area contributed by atoms with Crippen molar-refractivity contribution in [2.24, 2.45) is 0 Å². The number of para-hydroxylation sites is 1. The third kappa shape index (κ3) is 4.97. The van der Waals surface area contributed by atoms with Crippen molar-refractivity contribution in [3.8, 4) is 67.5 Å². The molecule has 1 aliphatic carbocycles. The molecule has 0 bridgehead atoms. The summed E-state index contributed by atoms with van der Waals surface area (Å²) in [5.41, 5.74) is 14.4. The molecule has 0 N–H and O–H groups in total. The van der Waals surface area contributed by atoms with Crippen LogP contribution in [0.3, 0.4) is 0 Å². The van der Waals surface area contributed by atoms with Gasteiger partial charge in [-0.05, 0) is 80.6 Å². The van der Waals surface area contributed by atoms with E-state index < -0.39 is 0 Å². The number of rotatable bonds is 5. The molecule has 0 unspecified atom stereocenters. The van der Waals surface area contributed by atoms with Crippen LogP contribution in [0.15, 0.2) is 174 Å². The number of nitrogens with zero attached hydrogens (tertiary/aromatic N) is 2. The second-order valence-electron chi connectivity index (χ2n) is 14.2. The van der Waals surface area contributed by atoms with Crippen LogP contribution in [0.2, 0.25) is 0 Å². The Bertz CT molecular complexity index is 2780. The Kier molecular flexibility index (Phi) is 6.84. The minimum absolute atomic E-state index is 0.0858. The van der Waals surface area contributed by atoms with E-state index in [0.29, 0.717) is 5.82 Å². The molecule has 0 aliphatic heterocycles. The smallest absolute Gasteiger partial charge is 0.160 e. The zero-order valence-corrected chi connectivity index (χ0v) is 29.0. The van der Waals surface area contributed by atoms with Gasteiger partial charge in [-0.3, -0.25) is 0 Å². The minimum Gasteiger partial charge on any atom is -0.456 e. The fraction of sp³-hybridized carbons (Fsp3) is 0.0612. The lowest BCUT2D eigenvalue weighted by Crippen LogP contribution is -2.14. The van der Waals surface area contributed by atoms with Crippen LogP contribution < -0.4 is 0 Å². The fourth-order valence-electron chi connectivity index (χ4n) is 7.95. The number of hydrogen-bond donors (Lipinski definition) is 0. The summed E-state index contributed by atoms with van der Waals surface area (Å²) in [6.45, 7) is 4.70. The number of benzene rings is 7. The van der Waals surface area contributed by atoms with E-state index in [1.807, 2.05) is 36.4 Å². The lowest BCUT2D eigenvalue weighted by Gasteiger charge is -2.22. The molecule has 246 valence electrons. The molecule has 9 aromatic rings. The van der Waals surface area contributed by atoms with Crippen LogP contribution in [0.5, 0.6) is 0 Å². The molecule has 2 heterocycles. The van der Waals surface area contributed by atoms with Crippen molar-refractivity contribution in [2.75, 3.05) is 0 Å². The maximum Gasteiger partial charge on any atom is 0.160 e. The molecule has 0 saturated heterocycles. The number of hydrogen-bond acceptors (Lipinski definition) is 3. The van der Waals surface area contributed by atoms with Crippen molar-refractivity contribution >= 4 is 21.7 Å². The van der Waals surface area contributed by atoms with Gasteiger partial charge in [0.25, 0.3) is 0 Å². The Morgan fingerprint density at radius 3 is 1.85 bits per heavy atom. The van der Waals surface area contributed by atoms with Gasteiger partial charge in [0.1, 0.15) is 11.3 Å². The summed E-state index contributed by atoms with van der Waals surface area (Å²) < 4.78 is 6.22. The molecule has 0 saturated carbocycles. The molecule has 3 nitrogen and oxygen atoms in total. The molecule has 1 aliphatic rings. The lowest BCUT2D eigenvalue weighted by atomic mass is 9.81. The maximum atomic E-state index is 6.22. The van der Waals surface area contributed by atoms with Gasteiger partial charge in [0.05, 0.1) is 11.4 Å². The summed E-state index contributed by atoms with van der Waals surface area (Å²) in [6.07, 6.45) is 0. The van der Waals surface area contributed by atoms with E-state index in [9.17, 15) is 0 Å². The fourth-order valence-corrected chi connectivity index (χ4v) is 7.95. The van der Waals surface area contributed by atoms with E-state index >= 15 is 0 Å². The van der Waals surface area contributed by atoms with E-state index in [1.165, 1.54) is 44.2 Å². The Balaban J connectivity index is 1.07. The van der Waals surface area contributed by atoms with Gasteiger partial charge in [0, 0.05) is 33.1 Å². The number of aromatic nitrogens is 2. The monoisotopic (exact) mass is 666 g/mol. The molecular formula is C49H34N2O. The summed E-state index contributed by atoms with van der Waals surface area (Å²) in [4.78, 5) is 10.2. The van der Waals surface area contributed by atoms with Gasteiger partial charge in [-0.1, -0.05) is 147 Å². The standard InChI is InChI=1S/C49H34N2O/c1-49(2)41-20-11-19-39(47(41)40-27-34-14-6-7-15-35(34)28-42(40)49)31-22-24-32(25-23-31)43-30-44(51-48(50-43)33-12-4-3-5-13-33)36-17-10-18-37(26-36)46-29-38-16-8-9-21-45(38)52-46/h3-30H,1-2H3. The first kappa shape index (κ1) is 30.3. The molecule has 7 aromatic carbocycles. The Morgan fingerprint density at radius 1 is 0.423 bits per heavy atom. The SMILES string of the molecule is CC1(C)c2cc3ccccc3cc2-c2c(-c3ccc(-c4cc(-c5cccc(-c6cc7ccccc7o6)c5)nc(-c5ccccc5)n4)cc3)cccc21. The first-order chi connectivity index (χ1) is 25.5. The molecule has 0 fully saturated rings. The van der Waals surface area contributed by atoms with Crippen LogP contribution >= 0.6 is 0 Å². The minimum atomic E-state index is -0.0858. The Labute approximate surface area is 302 Å². The second kappa shape index (κ2) is 11.8. The summed E-state index contributed by atoms with van der Waals surface area (Å²) in [5.74, 6) is 1.53. The van der Waals surface area contributed by atoms with Gasteiger partial charge in [-0.15, -0.1) is 0 Å². The van der Waals surface area contributed by atoms with Gasteiger partial charge in [-0.2, -0.15) is 0 Å². The molecule has 3 heteroatoms. The first-order valence-electron chi connectivity index (χ1n) is 17.8. The van der Waals surface area contributed by atoms with Crippen LogP contribution in [0.25, 0.3) is 89.2 Å². The lowest BCUT2D eigenvalue weighted by molar-refractivity contribution is 0.631. The molecule has 0 amide bonds. The first-order valence-corrected chi connectivity index (χ1v) is 17.8. The van der Waals surface area contributed by atoms with E-state index in [2.05, 4.69) is 147 Å². The molecule has 2 aromatic heterocycles. The number of furan rings is 1. The van der Waals surface area contributed by atoms with Crippen molar-refractivity contribution < 1.29 is 4.42 Å². The van der Waals surface area contributed by atoms with Gasteiger partial charge >= 0.3 is 0 Å². The van der Waals surface area contributed by atoms with Gasteiger partial charge < -0.3 is 4.42 Å². The van der Waals surface area contributed by atoms with E-state index in [0.717, 1.165) is 50.4 Å². The van der Waals surface area contributed by atoms with Gasteiger partial charge in [0.15, 0.2) is 5.82 Å². The molecule has 0 spiro atoms. The summed E-state index contributed by atoms with van der Waals surface area (Å²) in [5, 5.41) is 3.64. The summed E-state index contributed by atoms with van der Waals surface area (Å²) >= 11 is 0. The number of fused-ring (bicyclic) bond motifs is 5. The average molecular weight is 667 g/mol.